The number of ether oxygens (including phenoxy) is 1. The van der Waals surface area contributed by atoms with Gasteiger partial charge in [-0.25, -0.2) is 0 Å². The van der Waals surface area contributed by atoms with Crippen LogP contribution in [0.25, 0.3) is 0 Å². The molecule has 0 amide bonds. The molecule has 20 heavy (non-hydrogen) atoms. The molecule has 1 aliphatic rings. The van der Waals surface area contributed by atoms with Crippen LogP contribution in [-0.2, 0) is 9.53 Å². The van der Waals surface area contributed by atoms with E-state index in [-0.39, 0.29) is 11.9 Å². The summed E-state index contributed by atoms with van der Waals surface area (Å²) in [6.07, 6.45) is 0.797. The summed E-state index contributed by atoms with van der Waals surface area (Å²) in [7, 11) is 0. The molecule has 0 saturated carbocycles. The molecule has 1 saturated heterocycles. The van der Waals surface area contributed by atoms with E-state index >= 15 is 0 Å². The van der Waals surface area contributed by atoms with Crippen LogP contribution < -0.4 is 10.6 Å². The molecule has 1 aliphatic heterocycles. The molecular formula is C15H31N3O2. The average Bonchev–Trinajstić information content (AvgIpc) is 2.46. The number of hydrogen-bond donors (Lipinski definition) is 2. The van der Waals surface area contributed by atoms with Gasteiger partial charge in [0.1, 0.15) is 5.54 Å². The fourth-order valence-electron chi connectivity index (χ4n) is 2.90. The zero-order valence-electron chi connectivity index (χ0n) is 13.5. The Morgan fingerprint density at radius 1 is 1.40 bits per heavy atom. The Bertz CT molecular complexity index is 295. The largest absolute Gasteiger partial charge is 0.465 e. The van der Waals surface area contributed by atoms with E-state index in [9.17, 15) is 4.79 Å². The van der Waals surface area contributed by atoms with E-state index in [0.717, 1.165) is 45.7 Å². The lowest BCUT2D eigenvalue weighted by molar-refractivity contribution is -0.155. The molecule has 0 aliphatic carbocycles. The molecule has 2 atom stereocenters. The van der Waals surface area contributed by atoms with Crippen molar-refractivity contribution in [1.82, 2.24) is 15.5 Å². The minimum Gasteiger partial charge on any atom is -0.465 e. The minimum atomic E-state index is -0.519. The monoisotopic (exact) mass is 285 g/mol. The third kappa shape index (κ3) is 4.17. The van der Waals surface area contributed by atoms with Gasteiger partial charge in [0.15, 0.2) is 0 Å². The predicted octanol–water partition coefficient (Wildman–Crippen LogP) is 0.849. The number of esters is 1. The molecule has 2 unspecified atom stereocenters. The molecule has 1 rings (SSSR count). The fourth-order valence-corrected chi connectivity index (χ4v) is 2.90. The maximum Gasteiger partial charge on any atom is 0.326 e. The van der Waals surface area contributed by atoms with Crippen LogP contribution in [0.2, 0.25) is 0 Å². The number of carbonyl (C=O) groups excluding carboxylic acids is 1. The fraction of sp³-hybridized carbons (Fsp3) is 0.933. The van der Waals surface area contributed by atoms with Crippen LogP contribution in [0.3, 0.4) is 0 Å². The molecular weight excluding hydrogens is 254 g/mol. The maximum atomic E-state index is 12.4. The highest BCUT2D eigenvalue weighted by atomic mass is 16.5. The number of nitrogens with zero attached hydrogens (tertiary/aromatic N) is 1. The smallest absolute Gasteiger partial charge is 0.326 e. The Kier molecular flexibility index (Phi) is 7.48. The van der Waals surface area contributed by atoms with Crippen molar-refractivity contribution in [2.24, 2.45) is 5.92 Å². The van der Waals surface area contributed by atoms with Gasteiger partial charge in [0.2, 0.25) is 0 Å². The molecule has 1 heterocycles. The molecule has 0 radical (unpaired) electrons. The summed E-state index contributed by atoms with van der Waals surface area (Å²) in [5.74, 6) is 0.153. The summed E-state index contributed by atoms with van der Waals surface area (Å²) < 4.78 is 5.32. The Morgan fingerprint density at radius 2 is 2.10 bits per heavy atom. The van der Waals surface area contributed by atoms with E-state index in [0.29, 0.717) is 6.61 Å². The van der Waals surface area contributed by atoms with E-state index in [1.165, 1.54) is 0 Å². The van der Waals surface area contributed by atoms with E-state index < -0.39 is 5.54 Å². The quantitative estimate of drug-likeness (QED) is 0.648. The van der Waals surface area contributed by atoms with Crippen molar-refractivity contribution in [3.05, 3.63) is 0 Å². The number of piperidine rings is 1. The minimum absolute atomic E-state index is 0.0893. The van der Waals surface area contributed by atoms with E-state index in [1.807, 2.05) is 6.92 Å². The standard InChI is InChI=1S/C15H31N3O2/c1-5-18(6-2)11-10-17-15(14(19)20-7-3)8-9-16-12-13(15)4/h13,16-17H,5-12H2,1-4H3. The third-order valence-electron chi connectivity index (χ3n) is 4.39. The molecule has 0 aromatic rings. The summed E-state index contributed by atoms with van der Waals surface area (Å²) in [5.41, 5.74) is -0.519. The number of nitrogens with one attached hydrogen (secondary N) is 2. The number of hydrogen-bond acceptors (Lipinski definition) is 5. The molecule has 0 spiro atoms. The molecule has 1 fully saturated rings. The van der Waals surface area contributed by atoms with Crippen LogP contribution in [0.1, 0.15) is 34.1 Å². The first-order chi connectivity index (χ1) is 9.60. The summed E-state index contributed by atoms with van der Waals surface area (Å²) in [6, 6.07) is 0. The Labute approximate surface area is 123 Å². The SMILES string of the molecule is CCOC(=O)C1(NCCN(CC)CC)CCNCC1C. The number of carbonyl (C=O) groups is 1. The lowest BCUT2D eigenvalue weighted by atomic mass is 9.79. The Hall–Kier alpha value is -0.650. The normalized spacial score (nSPS) is 26.8. The van der Waals surface area contributed by atoms with Crippen molar-refractivity contribution in [2.75, 3.05) is 45.9 Å². The summed E-state index contributed by atoms with van der Waals surface area (Å²) in [6.45, 7) is 14.4. The number of rotatable bonds is 8. The van der Waals surface area contributed by atoms with Gasteiger partial charge in [-0.3, -0.25) is 4.79 Å². The van der Waals surface area contributed by atoms with E-state index in [4.69, 9.17) is 4.74 Å². The lowest BCUT2D eigenvalue weighted by Gasteiger charge is -2.41. The second-order valence-corrected chi connectivity index (χ2v) is 5.50. The van der Waals surface area contributed by atoms with Gasteiger partial charge in [0.25, 0.3) is 0 Å². The molecule has 0 aromatic heterocycles. The van der Waals surface area contributed by atoms with Crippen LogP contribution in [0, 0.1) is 5.92 Å². The van der Waals surface area contributed by atoms with Crippen molar-refractivity contribution in [3.63, 3.8) is 0 Å². The highest BCUT2D eigenvalue weighted by Crippen LogP contribution is 2.26. The zero-order chi connectivity index (χ0) is 15.0. The van der Waals surface area contributed by atoms with Crippen molar-refractivity contribution < 1.29 is 9.53 Å². The molecule has 5 heteroatoms. The third-order valence-corrected chi connectivity index (χ3v) is 4.39. The first-order valence-corrected chi connectivity index (χ1v) is 7.96. The summed E-state index contributed by atoms with van der Waals surface area (Å²) in [5, 5.41) is 6.86. The van der Waals surface area contributed by atoms with Crippen LogP contribution in [0.15, 0.2) is 0 Å². The Morgan fingerprint density at radius 3 is 2.65 bits per heavy atom. The van der Waals surface area contributed by atoms with Crippen molar-refractivity contribution in [1.29, 1.82) is 0 Å². The first-order valence-electron chi connectivity index (χ1n) is 7.96. The van der Waals surface area contributed by atoms with Gasteiger partial charge in [0.05, 0.1) is 6.61 Å². The van der Waals surface area contributed by atoms with Crippen LogP contribution >= 0.6 is 0 Å². The molecule has 118 valence electrons. The second kappa shape index (κ2) is 8.60. The maximum absolute atomic E-state index is 12.4. The van der Waals surface area contributed by atoms with Crippen molar-refractivity contribution in [2.45, 2.75) is 39.7 Å². The molecule has 2 N–H and O–H groups in total. The van der Waals surface area contributed by atoms with Gasteiger partial charge in [-0.1, -0.05) is 20.8 Å². The Balaban J connectivity index is 2.65. The van der Waals surface area contributed by atoms with Gasteiger partial charge < -0.3 is 20.3 Å². The highest BCUT2D eigenvalue weighted by Gasteiger charge is 2.45. The molecule has 0 bridgehead atoms. The first kappa shape index (κ1) is 17.4. The van der Waals surface area contributed by atoms with Crippen LogP contribution in [0.5, 0.6) is 0 Å². The lowest BCUT2D eigenvalue weighted by Crippen LogP contribution is -2.64. The van der Waals surface area contributed by atoms with Gasteiger partial charge >= 0.3 is 5.97 Å². The highest BCUT2D eigenvalue weighted by molar-refractivity contribution is 5.81. The van der Waals surface area contributed by atoms with Crippen molar-refractivity contribution in [3.8, 4) is 0 Å². The van der Waals surface area contributed by atoms with Crippen LogP contribution in [0.4, 0.5) is 0 Å². The second-order valence-electron chi connectivity index (χ2n) is 5.50. The van der Waals surface area contributed by atoms with Gasteiger partial charge in [-0.15, -0.1) is 0 Å². The zero-order valence-corrected chi connectivity index (χ0v) is 13.5. The molecule has 5 nitrogen and oxygen atoms in total. The predicted molar refractivity (Wildman–Crippen MR) is 81.8 cm³/mol. The number of likely N-dealkylation sites (N-methyl/N-ethyl adjacent to an activating group) is 1. The van der Waals surface area contributed by atoms with Gasteiger partial charge in [-0.05, 0) is 38.9 Å². The van der Waals surface area contributed by atoms with Crippen LogP contribution in [-0.4, -0.2) is 62.3 Å². The summed E-state index contributed by atoms with van der Waals surface area (Å²) in [4.78, 5) is 14.8. The average molecular weight is 285 g/mol. The van der Waals surface area contributed by atoms with E-state index in [2.05, 4.69) is 36.3 Å². The van der Waals surface area contributed by atoms with Crippen molar-refractivity contribution >= 4 is 5.97 Å². The topological polar surface area (TPSA) is 53.6 Å². The molecule has 0 aromatic carbocycles. The van der Waals surface area contributed by atoms with Gasteiger partial charge in [-0.2, -0.15) is 0 Å². The van der Waals surface area contributed by atoms with E-state index in [1.54, 1.807) is 0 Å². The summed E-state index contributed by atoms with van der Waals surface area (Å²) >= 11 is 0. The van der Waals surface area contributed by atoms with Gasteiger partial charge in [0, 0.05) is 19.6 Å².